The molecule has 0 saturated heterocycles. The zero-order valence-corrected chi connectivity index (χ0v) is 16.9. The van der Waals surface area contributed by atoms with Gasteiger partial charge in [-0.05, 0) is 56.7 Å². The Morgan fingerprint density at radius 1 is 0.704 bits per heavy atom. The summed E-state index contributed by atoms with van der Waals surface area (Å²) >= 11 is 0. The number of nitrogens with zero attached hydrogens (tertiary/aromatic N) is 1. The van der Waals surface area contributed by atoms with Crippen molar-refractivity contribution in [3.63, 3.8) is 0 Å². The molecule has 138 valence electrons. The van der Waals surface area contributed by atoms with Crippen LogP contribution in [0.4, 0.5) is 0 Å². The first-order valence-corrected chi connectivity index (χ1v) is 10.2. The Hall–Kier alpha value is -2.64. The minimum Gasteiger partial charge on any atom is -0.340 e. The van der Waals surface area contributed by atoms with Gasteiger partial charge in [0.1, 0.15) is 0 Å². The van der Waals surface area contributed by atoms with Gasteiger partial charge in [0.15, 0.2) is 0 Å². The second-order valence-corrected chi connectivity index (χ2v) is 7.13. The molecule has 0 aliphatic rings. The van der Waals surface area contributed by atoms with Gasteiger partial charge in [0.2, 0.25) is 0 Å². The molecule has 0 aliphatic heterocycles. The van der Waals surface area contributed by atoms with E-state index >= 15 is 0 Å². The van der Waals surface area contributed by atoms with E-state index in [1.54, 1.807) is 0 Å². The van der Waals surface area contributed by atoms with E-state index in [4.69, 9.17) is 0 Å². The van der Waals surface area contributed by atoms with Crippen molar-refractivity contribution in [1.82, 2.24) is 4.57 Å². The molecular weight excluding hydrogens is 326 g/mol. The molecule has 0 spiro atoms. The number of unbranched alkanes of at least 4 members (excludes halogenated alkanes) is 5. The van der Waals surface area contributed by atoms with Gasteiger partial charge in [0.05, 0.1) is 0 Å². The van der Waals surface area contributed by atoms with Gasteiger partial charge >= 0.3 is 0 Å². The predicted molar refractivity (Wildman–Crippen MR) is 118 cm³/mol. The summed E-state index contributed by atoms with van der Waals surface area (Å²) in [6, 6.07) is 13.2. The van der Waals surface area contributed by atoms with Crippen LogP contribution in [0, 0.1) is 23.7 Å². The molecule has 0 fully saturated rings. The standard InChI is InChI=1S/C26H29N/c1-4-7-8-9-10-11-18-27-25-16-14-21(12-5-2)19-23(25)24-20-22(13-6-3)15-17-26(24)27/h14-17,19-20H,4,7-11,18H2,1-3H3. The minimum absolute atomic E-state index is 1.07. The van der Waals surface area contributed by atoms with Crippen LogP contribution in [-0.2, 0) is 6.54 Å². The van der Waals surface area contributed by atoms with E-state index in [0.717, 1.165) is 17.7 Å². The number of hydrogen-bond acceptors (Lipinski definition) is 0. The predicted octanol–water partition coefficient (Wildman–Crippen LogP) is 6.90. The van der Waals surface area contributed by atoms with E-state index in [1.807, 2.05) is 13.8 Å². The molecule has 0 bridgehead atoms. The zero-order valence-electron chi connectivity index (χ0n) is 16.9. The maximum Gasteiger partial charge on any atom is 0.0492 e. The largest absolute Gasteiger partial charge is 0.340 e. The van der Waals surface area contributed by atoms with Crippen molar-refractivity contribution < 1.29 is 0 Å². The smallest absolute Gasteiger partial charge is 0.0492 e. The molecule has 0 N–H and O–H groups in total. The average molecular weight is 356 g/mol. The van der Waals surface area contributed by atoms with E-state index in [0.29, 0.717) is 0 Å². The third-order valence-corrected chi connectivity index (χ3v) is 5.14. The van der Waals surface area contributed by atoms with Gasteiger partial charge in [-0.15, -0.1) is 11.8 Å². The third-order valence-electron chi connectivity index (χ3n) is 5.14. The number of aryl methyl sites for hydroxylation is 1. The second kappa shape index (κ2) is 9.34. The lowest BCUT2D eigenvalue weighted by molar-refractivity contribution is 0.571. The summed E-state index contributed by atoms with van der Waals surface area (Å²) in [4.78, 5) is 0. The third kappa shape index (κ3) is 4.37. The molecule has 0 aliphatic carbocycles. The molecular formula is C26H29N. The van der Waals surface area contributed by atoms with Crippen LogP contribution >= 0.6 is 0 Å². The minimum atomic E-state index is 1.07. The molecule has 3 rings (SSSR count). The van der Waals surface area contributed by atoms with Crippen molar-refractivity contribution in [3.05, 3.63) is 47.5 Å². The van der Waals surface area contributed by atoms with Crippen molar-refractivity contribution in [1.29, 1.82) is 0 Å². The summed E-state index contributed by atoms with van der Waals surface area (Å²) < 4.78 is 2.48. The van der Waals surface area contributed by atoms with E-state index in [1.165, 1.54) is 60.3 Å². The van der Waals surface area contributed by atoms with Crippen LogP contribution in [0.3, 0.4) is 0 Å². The topological polar surface area (TPSA) is 4.93 Å². The fourth-order valence-electron chi connectivity index (χ4n) is 3.84. The summed E-state index contributed by atoms with van der Waals surface area (Å²) in [6.45, 7) is 7.12. The second-order valence-electron chi connectivity index (χ2n) is 7.13. The summed E-state index contributed by atoms with van der Waals surface area (Å²) in [5.74, 6) is 12.4. The van der Waals surface area contributed by atoms with Gasteiger partial charge in [-0.25, -0.2) is 0 Å². The number of benzene rings is 2. The Bertz CT molecular complexity index is 967. The molecule has 0 unspecified atom stereocenters. The Labute approximate surface area is 163 Å². The van der Waals surface area contributed by atoms with Crippen molar-refractivity contribution in [2.75, 3.05) is 0 Å². The lowest BCUT2D eigenvalue weighted by Gasteiger charge is -2.08. The lowest BCUT2D eigenvalue weighted by Crippen LogP contribution is -1.98. The summed E-state index contributed by atoms with van der Waals surface area (Å²) in [6.07, 6.45) is 7.91. The molecule has 27 heavy (non-hydrogen) atoms. The highest BCUT2D eigenvalue weighted by Gasteiger charge is 2.11. The molecule has 2 aromatic carbocycles. The molecule has 1 heterocycles. The van der Waals surface area contributed by atoms with E-state index in [2.05, 4.69) is 71.6 Å². The van der Waals surface area contributed by atoms with Gasteiger partial charge < -0.3 is 4.57 Å². The highest BCUT2D eigenvalue weighted by atomic mass is 15.0. The lowest BCUT2D eigenvalue weighted by atomic mass is 10.1. The van der Waals surface area contributed by atoms with Crippen LogP contribution in [0.25, 0.3) is 21.8 Å². The van der Waals surface area contributed by atoms with Crippen molar-refractivity contribution >= 4 is 21.8 Å². The quantitative estimate of drug-likeness (QED) is 0.321. The Morgan fingerprint density at radius 3 is 1.74 bits per heavy atom. The van der Waals surface area contributed by atoms with Crippen LogP contribution in [-0.4, -0.2) is 4.57 Å². The van der Waals surface area contributed by atoms with Crippen molar-refractivity contribution in [2.45, 2.75) is 65.8 Å². The zero-order chi connectivity index (χ0) is 19.1. The monoisotopic (exact) mass is 355 g/mol. The normalized spacial score (nSPS) is 10.5. The highest BCUT2D eigenvalue weighted by molar-refractivity contribution is 6.08. The number of rotatable bonds is 7. The van der Waals surface area contributed by atoms with E-state index in [9.17, 15) is 0 Å². The summed E-state index contributed by atoms with van der Waals surface area (Å²) in [7, 11) is 0. The van der Waals surface area contributed by atoms with Gasteiger partial charge in [-0.2, -0.15) is 0 Å². The van der Waals surface area contributed by atoms with E-state index < -0.39 is 0 Å². The van der Waals surface area contributed by atoms with Gasteiger partial charge in [0.25, 0.3) is 0 Å². The van der Waals surface area contributed by atoms with Gasteiger partial charge in [0, 0.05) is 39.5 Å². The molecule has 1 aromatic heterocycles. The highest BCUT2D eigenvalue weighted by Crippen LogP contribution is 2.31. The van der Waals surface area contributed by atoms with E-state index in [-0.39, 0.29) is 0 Å². The molecule has 1 nitrogen and oxygen atoms in total. The van der Waals surface area contributed by atoms with Gasteiger partial charge in [-0.3, -0.25) is 0 Å². The number of aromatic nitrogens is 1. The SMILES string of the molecule is CC#Cc1ccc2c(c1)c1cc(C#CC)ccc1n2CCCCCCCC. The fourth-order valence-corrected chi connectivity index (χ4v) is 3.84. The van der Waals surface area contributed by atoms with Gasteiger partial charge in [-0.1, -0.05) is 50.9 Å². The Morgan fingerprint density at radius 2 is 1.22 bits per heavy atom. The maximum atomic E-state index is 3.20. The van der Waals surface area contributed by atoms with Crippen molar-refractivity contribution in [3.8, 4) is 23.7 Å². The Balaban J connectivity index is 1.99. The van der Waals surface area contributed by atoms with Crippen molar-refractivity contribution in [2.24, 2.45) is 0 Å². The maximum absolute atomic E-state index is 3.20. The van der Waals surface area contributed by atoms with Crippen LogP contribution < -0.4 is 0 Å². The van der Waals surface area contributed by atoms with Crippen LogP contribution in [0.5, 0.6) is 0 Å². The molecule has 0 amide bonds. The Kier molecular flexibility index (Phi) is 6.62. The first kappa shape index (κ1) is 19.1. The average Bonchev–Trinajstić information content (AvgIpc) is 2.98. The molecule has 0 atom stereocenters. The molecule has 3 aromatic rings. The summed E-state index contributed by atoms with van der Waals surface area (Å²) in [5.41, 5.74) is 4.77. The summed E-state index contributed by atoms with van der Waals surface area (Å²) in [5, 5.41) is 2.58. The first-order chi connectivity index (χ1) is 13.3. The number of hydrogen-bond donors (Lipinski definition) is 0. The molecule has 1 heteroatoms. The molecule has 0 saturated carbocycles. The van der Waals surface area contributed by atoms with Crippen LogP contribution in [0.1, 0.15) is 70.4 Å². The molecule has 0 radical (unpaired) electrons. The van der Waals surface area contributed by atoms with Crippen LogP contribution in [0.2, 0.25) is 0 Å². The fraction of sp³-hybridized carbons (Fsp3) is 0.385. The first-order valence-electron chi connectivity index (χ1n) is 10.2. The van der Waals surface area contributed by atoms with Crippen LogP contribution in [0.15, 0.2) is 36.4 Å². The number of fused-ring (bicyclic) bond motifs is 3.